The number of rotatable bonds is 1. The molecule has 0 unspecified atom stereocenters. The van der Waals surface area contributed by atoms with E-state index < -0.39 is 0 Å². The number of carbonyl (C=O) groups is 1. The van der Waals surface area contributed by atoms with Gasteiger partial charge >= 0.3 is 0 Å². The van der Waals surface area contributed by atoms with Crippen LogP contribution in [0.3, 0.4) is 0 Å². The van der Waals surface area contributed by atoms with E-state index in [1.807, 2.05) is 52.0 Å². The minimum Gasteiger partial charge on any atom is -0.352 e. The summed E-state index contributed by atoms with van der Waals surface area (Å²) in [4.78, 5) is 16.5. The summed E-state index contributed by atoms with van der Waals surface area (Å²) < 4.78 is 2.13. The van der Waals surface area contributed by atoms with E-state index in [2.05, 4.69) is 33.9 Å². The second-order valence-electron chi connectivity index (χ2n) is 8.57. The second-order valence-corrected chi connectivity index (χ2v) is 10.2. The topological polar surface area (TPSA) is 72.2 Å². The van der Waals surface area contributed by atoms with Gasteiger partial charge in [0.05, 0.1) is 5.71 Å². The summed E-state index contributed by atoms with van der Waals surface area (Å²) in [7, 11) is 0. The lowest BCUT2D eigenvalue weighted by Crippen LogP contribution is -2.38. The quantitative estimate of drug-likeness (QED) is 0.547. The Balaban J connectivity index is 0.000000293. The lowest BCUT2D eigenvalue weighted by atomic mass is 10.00. The molecule has 164 valence electrons. The van der Waals surface area contributed by atoms with Gasteiger partial charge in [0.25, 0.3) is 0 Å². The number of hydrogen-bond acceptors (Lipinski definition) is 5. The van der Waals surface area contributed by atoms with Crippen LogP contribution in [0.2, 0.25) is 5.02 Å². The van der Waals surface area contributed by atoms with E-state index >= 15 is 0 Å². The number of amides is 1. The minimum atomic E-state index is -0.0775. The van der Waals surface area contributed by atoms with Gasteiger partial charge in [-0.25, -0.2) is 0 Å². The molecule has 0 aliphatic carbocycles. The highest BCUT2D eigenvalue weighted by Crippen LogP contribution is 2.36. The maximum atomic E-state index is 10.3. The first kappa shape index (κ1) is 23.2. The summed E-state index contributed by atoms with van der Waals surface area (Å²) >= 11 is 7.80. The molecule has 0 spiro atoms. The van der Waals surface area contributed by atoms with Crippen LogP contribution in [-0.2, 0) is 11.3 Å². The molecule has 0 atom stereocenters. The van der Waals surface area contributed by atoms with Crippen LogP contribution in [-0.4, -0.2) is 31.9 Å². The van der Waals surface area contributed by atoms with Crippen molar-refractivity contribution in [3.05, 3.63) is 62.5 Å². The molecule has 1 aliphatic rings. The van der Waals surface area contributed by atoms with Gasteiger partial charge in [-0.1, -0.05) is 23.7 Å². The highest BCUT2D eigenvalue weighted by Gasteiger charge is 2.26. The number of halogens is 1. The number of aliphatic imine (C=N–C) groups is 1. The second kappa shape index (κ2) is 8.93. The van der Waals surface area contributed by atoms with E-state index in [9.17, 15) is 4.79 Å². The Kier molecular flexibility index (Phi) is 6.67. The Labute approximate surface area is 192 Å². The van der Waals surface area contributed by atoms with Crippen LogP contribution in [0.4, 0.5) is 0 Å². The van der Waals surface area contributed by atoms with Crippen molar-refractivity contribution in [3.8, 4) is 5.00 Å². The normalized spacial score (nSPS) is 12.7. The first-order chi connectivity index (χ1) is 14.5. The molecule has 3 heterocycles. The molecule has 1 aliphatic heterocycles. The summed E-state index contributed by atoms with van der Waals surface area (Å²) in [6, 6.07) is 7.86. The maximum absolute atomic E-state index is 10.3. The minimum absolute atomic E-state index is 0.0255. The Morgan fingerprint density at radius 1 is 1.13 bits per heavy atom. The number of aromatic nitrogens is 3. The van der Waals surface area contributed by atoms with Gasteiger partial charge in [-0.3, -0.25) is 14.4 Å². The first-order valence-corrected chi connectivity index (χ1v) is 11.3. The van der Waals surface area contributed by atoms with E-state index in [1.54, 1.807) is 11.3 Å². The number of thiophene rings is 1. The van der Waals surface area contributed by atoms with Crippen molar-refractivity contribution in [1.82, 2.24) is 20.1 Å². The van der Waals surface area contributed by atoms with E-state index in [0.29, 0.717) is 6.54 Å². The van der Waals surface area contributed by atoms with Gasteiger partial charge in [0, 0.05) is 33.5 Å². The van der Waals surface area contributed by atoms with Crippen molar-refractivity contribution in [2.45, 2.75) is 60.5 Å². The van der Waals surface area contributed by atoms with Gasteiger partial charge in [-0.15, -0.1) is 21.5 Å². The zero-order chi connectivity index (χ0) is 22.9. The molecule has 0 fully saturated rings. The number of nitrogens with zero attached hydrogens (tertiary/aromatic N) is 4. The fraction of sp³-hybridized carbons (Fsp3) is 0.391. The Morgan fingerprint density at radius 2 is 1.77 bits per heavy atom. The fourth-order valence-corrected chi connectivity index (χ4v) is 4.77. The third kappa shape index (κ3) is 5.22. The zero-order valence-corrected chi connectivity index (χ0v) is 20.6. The van der Waals surface area contributed by atoms with Gasteiger partial charge in [-0.2, -0.15) is 0 Å². The van der Waals surface area contributed by atoms with Crippen LogP contribution in [0.1, 0.15) is 60.9 Å². The number of nitrogens with one attached hydrogen (secondary N) is 1. The van der Waals surface area contributed by atoms with Crippen molar-refractivity contribution < 1.29 is 4.79 Å². The standard InChI is InChI=1S/C17H15ClN4S.C6H13NO/c1-9-10(2)23-17-15(9)16(12-4-6-13(18)7-5-12)19-8-14-21-20-11(3)22(14)17;1-5(8)7-6(2,3)4/h4-7H,8H2,1-3H3;1-4H3,(H,7,8). The molecular formula is C23H28ClN5OS. The zero-order valence-electron chi connectivity index (χ0n) is 19.0. The van der Waals surface area contributed by atoms with Crippen LogP contribution >= 0.6 is 22.9 Å². The van der Waals surface area contributed by atoms with Crippen LogP contribution in [0.25, 0.3) is 5.00 Å². The number of fused-ring (bicyclic) bond motifs is 3. The first-order valence-electron chi connectivity index (χ1n) is 10.1. The predicted octanol–water partition coefficient (Wildman–Crippen LogP) is 5.18. The highest BCUT2D eigenvalue weighted by atomic mass is 35.5. The monoisotopic (exact) mass is 457 g/mol. The number of hydrogen-bond donors (Lipinski definition) is 1. The Bertz CT molecular complexity index is 1140. The molecule has 1 N–H and O–H groups in total. The largest absolute Gasteiger partial charge is 0.352 e. The molecule has 1 amide bonds. The highest BCUT2D eigenvalue weighted by molar-refractivity contribution is 7.15. The molecule has 0 radical (unpaired) electrons. The van der Waals surface area contributed by atoms with Crippen LogP contribution < -0.4 is 5.32 Å². The van der Waals surface area contributed by atoms with Crippen LogP contribution in [0.5, 0.6) is 0 Å². The molecule has 8 heteroatoms. The third-order valence-electron chi connectivity index (χ3n) is 4.75. The van der Waals surface area contributed by atoms with Gasteiger partial charge in [-0.05, 0) is 59.2 Å². The lowest BCUT2D eigenvalue weighted by molar-refractivity contribution is -0.120. The van der Waals surface area contributed by atoms with Crippen LogP contribution in [0.15, 0.2) is 29.3 Å². The molecule has 4 rings (SSSR count). The van der Waals surface area contributed by atoms with Gasteiger partial charge in [0.2, 0.25) is 5.91 Å². The molecule has 6 nitrogen and oxygen atoms in total. The predicted molar refractivity (Wildman–Crippen MR) is 128 cm³/mol. The molecule has 0 saturated heterocycles. The van der Waals surface area contributed by atoms with Gasteiger partial charge in [0.15, 0.2) is 5.82 Å². The summed E-state index contributed by atoms with van der Waals surface area (Å²) in [5.74, 6) is 1.81. The average molecular weight is 458 g/mol. The molecular weight excluding hydrogens is 430 g/mol. The summed E-state index contributed by atoms with van der Waals surface area (Å²) in [5.41, 5.74) is 4.44. The number of benzene rings is 1. The molecule has 1 aromatic carbocycles. The Hall–Kier alpha value is -2.51. The van der Waals surface area contributed by atoms with E-state index in [-0.39, 0.29) is 11.4 Å². The maximum Gasteiger partial charge on any atom is 0.217 e. The Morgan fingerprint density at radius 3 is 2.32 bits per heavy atom. The average Bonchev–Trinajstić information content (AvgIpc) is 3.09. The molecule has 0 bridgehead atoms. The molecule has 31 heavy (non-hydrogen) atoms. The van der Waals surface area contributed by atoms with E-state index in [4.69, 9.17) is 16.6 Å². The van der Waals surface area contributed by atoms with Gasteiger partial charge < -0.3 is 5.32 Å². The molecule has 2 aromatic heterocycles. The third-order valence-corrected chi connectivity index (χ3v) is 6.19. The fourth-order valence-electron chi connectivity index (χ4n) is 3.42. The van der Waals surface area contributed by atoms with Crippen molar-refractivity contribution in [2.75, 3.05) is 0 Å². The summed E-state index contributed by atoms with van der Waals surface area (Å²) in [5, 5.41) is 13.1. The van der Waals surface area contributed by atoms with E-state index in [0.717, 1.165) is 32.9 Å². The van der Waals surface area contributed by atoms with Crippen molar-refractivity contribution in [3.63, 3.8) is 0 Å². The lowest BCUT2D eigenvalue weighted by Gasteiger charge is -2.18. The smallest absolute Gasteiger partial charge is 0.217 e. The molecule has 3 aromatic rings. The SMILES string of the molecule is CC(=O)NC(C)(C)C.Cc1sc2c(c1C)C(c1ccc(Cl)cc1)=NCc1nnc(C)n1-2. The van der Waals surface area contributed by atoms with E-state index in [1.165, 1.54) is 22.9 Å². The summed E-state index contributed by atoms with van der Waals surface area (Å²) in [6.45, 7) is 14.2. The van der Waals surface area contributed by atoms with Crippen LogP contribution in [0, 0.1) is 20.8 Å². The summed E-state index contributed by atoms with van der Waals surface area (Å²) in [6.07, 6.45) is 0. The van der Waals surface area contributed by atoms with Gasteiger partial charge in [0.1, 0.15) is 17.4 Å². The van der Waals surface area contributed by atoms with Crippen molar-refractivity contribution >= 4 is 34.6 Å². The van der Waals surface area contributed by atoms with Crippen molar-refractivity contribution in [1.29, 1.82) is 0 Å². The number of aryl methyl sites for hydroxylation is 2. The van der Waals surface area contributed by atoms with Crippen molar-refractivity contribution in [2.24, 2.45) is 4.99 Å². The number of carbonyl (C=O) groups excluding carboxylic acids is 1. The molecule has 0 saturated carbocycles.